The van der Waals surface area contributed by atoms with Crippen molar-refractivity contribution < 1.29 is 18.0 Å². The van der Waals surface area contributed by atoms with Gasteiger partial charge >= 0.3 is 6.18 Å². The van der Waals surface area contributed by atoms with Gasteiger partial charge in [-0.25, -0.2) is 0 Å². The number of rotatable bonds is 2. The first kappa shape index (κ1) is 9.81. The van der Waals surface area contributed by atoms with E-state index >= 15 is 0 Å². The van der Waals surface area contributed by atoms with Gasteiger partial charge in [-0.2, -0.15) is 25.8 Å². The average Bonchev–Trinajstić information content (AvgIpc) is 1.60. The van der Waals surface area contributed by atoms with Crippen LogP contribution in [0.3, 0.4) is 0 Å². The van der Waals surface area contributed by atoms with E-state index in [4.69, 9.17) is 0 Å². The Morgan fingerprint density at radius 3 is 2.10 bits per heavy atom. The van der Waals surface area contributed by atoms with Crippen molar-refractivity contribution in [2.24, 2.45) is 0 Å². The Morgan fingerprint density at radius 2 is 2.00 bits per heavy atom. The van der Waals surface area contributed by atoms with Crippen molar-refractivity contribution in [1.82, 2.24) is 0 Å². The molecule has 0 rings (SSSR count). The van der Waals surface area contributed by atoms with E-state index in [1.54, 1.807) is 0 Å². The first-order valence-electron chi connectivity index (χ1n) is 2.62. The number of hydrogen-bond acceptors (Lipinski definition) is 2. The van der Waals surface area contributed by atoms with Gasteiger partial charge in [0.1, 0.15) is 0 Å². The Balaban J connectivity index is 3.87. The molecule has 0 heterocycles. The molecule has 0 aliphatic heterocycles. The molecular weight excluding hydrogens is 165 g/mol. The van der Waals surface area contributed by atoms with Crippen LogP contribution in [-0.2, 0) is 4.79 Å². The molecule has 0 spiro atoms. The molecule has 5 heteroatoms. The van der Waals surface area contributed by atoms with E-state index in [2.05, 4.69) is 12.6 Å². The number of hydrogen-bond donors (Lipinski definition) is 1. The second-order valence-electron chi connectivity index (χ2n) is 1.97. The molecule has 60 valence electrons. The van der Waals surface area contributed by atoms with Crippen LogP contribution in [0.15, 0.2) is 0 Å². The Hall–Kier alpha value is -0.190. The second-order valence-corrected chi connectivity index (χ2v) is 2.86. The van der Waals surface area contributed by atoms with Gasteiger partial charge in [0.05, 0.1) is 0 Å². The van der Waals surface area contributed by atoms with Crippen LogP contribution >= 0.6 is 12.6 Å². The minimum absolute atomic E-state index is 0.533. The van der Waals surface area contributed by atoms with Crippen molar-refractivity contribution in [3.63, 3.8) is 0 Å². The highest BCUT2D eigenvalue weighted by Gasteiger charge is 2.37. The fourth-order valence-corrected chi connectivity index (χ4v) is 0.550. The van der Waals surface area contributed by atoms with Gasteiger partial charge < -0.3 is 0 Å². The zero-order chi connectivity index (χ0) is 8.36. The molecule has 1 nitrogen and oxygen atoms in total. The number of thiol groups is 1. The Labute approximate surface area is 62.0 Å². The summed E-state index contributed by atoms with van der Waals surface area (Å²) in [6, 6.07) is 0. The molecule has 1 atom stereocenters. The molecule has 0 amide bonds. The highest BCUT2D eigenvalue weighted by Crippen LogP contribution is 2.19. The SMILES string of the molecule is CC(S)CC(=O)C(F)(F)F. The van der Waals surface area contributed by atoms with Gasteiger partial charge in [0.15, 0.2) is 0 Å². The topological polar surface area (TPSA) is 17.1 Å². The van der Waals surface area contributed by atoms with Gasteiger partial charge in [0.25, 0.3) is 0 Å². The Bertz CT molecular complexity index is 129. The van der Waals surface area contributed by atoms with Crippen LogP contribution in [0.5, 0.6) is 0 Å². The standard InChI is InChI=1S/C5H7F3OS/c1-3(10)2-4(9)5(6,7)8/h3,10H,2H2,1H3. The van der Waals surface area contributed by atoms with Crippen molar-refractivity contribution in [1.29, 1.82) is 0 Å². The van der Waals surface area contributed by atoms with Crippen LogP contribution in [0.25, 0.3) is 0 Å². The van der Waals surface area contributed by atoms with Gasteiger partial charge in [-0.1, -0.05) is 6.92 Å². The summed E-state index contributed by atoms with van der Waals surface area (Å²) < 4.78 is 34.3. The van der Waals surface area contributed by atoms with Crippen molar-refractivity contribution in [2.75, 3.05) is 0 Å². The lowest BCUT2D eigenvalue weighted by molar-refractivity contribution is -0.170. The van der Waals surface area contributed by atoms with Crippen molar-refractivity contribution in [2.45, 2.75) is 24.8 Å². The molecular formula is C5H7F3OS. The lowest BCUT2D eigenvalue weighted by Crippen LogP contribution is -2.24. The number of ketones is 1. The molecule has 10 heavy (non-hydrogen) atoms. The number of alkyl halides is 3. The summed E-state index contributed by atoms with van der Waals surface area (Å²) in [6.07, 6.45) is -5.25. The maximum atomic E-state index is 11.4. The van der Waals surface area contributed by atoms with Crippen LogP contribution in [0.2, 0.25) is 0 Å². The van der Waals surface area contributed by atoms with Crippen LogP contribution in [0.1, 0.15) is 13.3 Å². The van der Waals surface area contributed by atoms with Crippen LogP contribution in [0.4, 0.5) is 13.2 Å². The lowest BCUT2D eigenvalue weighted by atomic mass is 10.2. The highest BCUT2D eigenvalue weighted by atomic mass is 32.1. The zero-order valence-electron chi connectivity index (χ0n) is 5.27. The number of carbonyl (C=O) groups is 1. The molecule has 0 aliphatic rings. The van der Waals surface area contributed by atoms with Gasteiger partial charge in [0, 0.05) is 11.7 Å². The van der Waals surface area contributed by atoms with Gasteiger partial charge in [-0.05, 0) is 0 Å². The van der Waals surface area contributed by atoms with Crippen LogP contribution in [-0.4, -0.2) is 17.2 Å². The van der Waals surface area contributed by atoms with E-state index in [-0.39, 0.29) is 0 Å². The first-order valence-corrected chi connectivity index (χ1v) is 3.13. The van der Waals surface area contributed by atoms with E-state index in [9.17, 15) is 18.0 Å². The third-order valence-electron chi connectivity index (χ3n) is 0.797. The first-order chi connectivity index (χ1) is 4.34. The molecule has 1 unspecified atom stereocenters. The van der Waals surface area contributed by atoms with Crippen LogP contribution in [0, 0.1) is 0 Å². The fraction of sp³-hybridized carbons (Fsp3) is 0.800. The fourth-order valence-electron chi connectivity index (χ4n) is 0.384. The number of halogens is 3. The quantitative estimate of drug-likeness (QED) is 0.629. The van der Waals surface area contributed by atoms with Gasteiger partial charge in [0.2, 0.25) is 5.78 Å². The molecule has 0 saturated carbocycles. The largest absolute Gasteiger partial charge is 0.450 e. The van der Waals surface area contributed by atoms with Gasteiger partial charge in [-0.15, -0.1) is 0 Å². The normalized spacial score (nSPS) is 14.9. The predicted octanol–water partition coefficient (Wildman–Crippen LogP) is 1.83. The molecule has 0 radical (unpaired) electrons. The summed E-state index contributed by atoms with van der Waals surface area (Å²) in [5.41, 5.74) is 0. The molecule has 0 N–H and O–H groups in total. The smallest absolute Gasteiger partial charge is 0.290 e. The molecule has 0 fully saturated rings. The molecule has 0 aromatic rings. The van der Waals surface area contributed by atoms with Crippen LogP contribution < -0.4 is 0 Å². The minimum Gasteiger partial charge on any atom is -0.290 e. The van der Waals surface area contributed by atoms with E-state index in [0.717, 1.165) is 0 Å². The summed E-state index contributed by atoms with van der Waals surface area (Å²) in [5.74, 6) is -1.71. The predicted molar refractivity (Wildman–Crippen MR) is 34.1 cm³/mol. The van der Waals surface area contributed by atoms with Crippen molar-refractivity contribution in [3.8, 4) is 0 Å². The maximum Gasteiger partial charge on any atom is 0.450 e. The van der Waals surface area contributed by atoms with E-state index in [1.165, 1.54) is 6.92 Å². The molecule has 0 saturated heterocycles. The van der Waals surface area contributed by atoms with Crippen molar-refractivity contribution in [3.05, 3.63) is 0 Å². The van der Waals surface area contributed by atoms with E-state index in [1.807, 2.05) is 0 Å². The molecule has 0 aliphatic carbocycles. The minimum atomic E-state index is -4.70. The summed E-state index contributed by atoms with van der Waals surface area (Å²) in [7, 11) is 0. The second kappa shape index (κ2) is 3.27. The summed E-state index contributed by atoms with van der Waals surface area (Å²) in [5, 5.41) is -0.533. The number of carbonyl (C=O) groups excluding carboxylic acids is 1. The molecule has 0 bridgehead atoms. The molecule has 0 aromatic carbocycles. The Morgan fingerprint density at radius 1 is 1.60 bits per heavy atom. The van der Waals surface area contributed by atoms with Crippen molar-refractivity contribution >= 4 is 18.4 Å². The third kappa shape index (κ3) is 3.76. The number of Topliss-reactive ketones (excluding diaryl/α,β-unsaturated/α-hetero) is 1. The lowest BCUT2D eigenvalue weighted by Gasteiger charge is -2.05. The third-order valence-corrected chi connectivity index (χ3v) is 0.980. The highest BCUT2D eigenvalue weighted by molar-refractivity contribution is 7.80. The van der Waals surface area contributed by atoms with E-state index in [0.29, 0.717) is 0 Å². The zero-order valence-corrected chi connectivity index (χ0v) is 6.17. The van der Waals surface area contributed by atoms with E-state index < -0.39 is 23.6 Å². The maximum absolute atomic E-state index is 11.4. The summed E-state index contributed by atoms with van der Waals surface area (Å²) >= 11 is 3.65. The summed E-state index contributed by atoms with van der Waals surface area (Å²) in [4.78, 5) is 10.1. The molecule has 0 aromatic heterocycles. The summed E-state index contributed by atoms with van der Waals surface area (Å²) in [6.45, 7) is 1.44. The average molecular weight is 172 g/mol. The van der Waals surface area contributed by atoms with Gasteiger partial charge in [-0.3, -0.25) is 4.79 Å². The Kier molecular flexibility index (Phi) is 3.21. The monoisotopic (exact) mass is 172 g/mol.